The fourth-order valence-corrected chi connectivity index (χ4v) is 3.18. The van der Waals surface area contributed by atoms with Gasteiger partial charge in [0.05, 0.1) is 13.0 Å². The lowest BCUT2D eigenvalue weighted by Gasteiger charge is -2.31. The van der Waals surface area contributed by atoms with Crippen LogP contribution in [0.1, 0.15) is 23.2 Å². The summed E-state index contributed by atoms with van der Waals surface area (Å²) in [5.74, 6) is -0.446. The molecule has 2 aromatic rings. The molecule has 0 saturated carbocycles. The van der Waals surface area contributed by atoms with Gasteiger partial charge in [-0.2, -0.15) is 0 Å². The summed E-state index contributed by atoms with van der Waals surface area (Å²) in [7, 11) is 3.36. The lowest BCUT2D eigenvalue weighted by atomic mass is 9.97. The number of piperidine rings is 1. The third-order valence-corrected chi connectivity index (χ3v) is 4.40. The van der Waals surface area contributed by atoms with E-state index in [1.165, 1.54) is 7.11 Å². The molecular formula is C17H20N2O3. The van der Waals surface area contributed by atoms with Gasteiger partial charge in [0.2, 0.25) is 0 Å². The Morgan fingerprint density at radius 3 is 2.86 bits per heavy atom. The molecule has 2 heterocycles. The Kier molecular flexibility index (Phi) is 3.88. The van der Waals surface area contributed by atoms with Gasteiger partial charge in [0.25, 0.3) is 5.91 Å². The Morgan fingerprint density at radius 1 is 1.27 bits per heavy atom. The summed E-state index contributed by atoms with van der Waals surface area (Å²) in [6.45, 7) is 1.13. The summed E-state index contributed by atoms with van der Waals surface area (Å²) in [6, 6.07) is 7.72. The number of carbonyl (C=O) groups excluding carboxylic acids is 2. The highest BCUT2D eigenvalue weighted by atomic mass is 16.5. The van der Waals surface area contributed by atoms with E-state index < -0.39 is 0 Å². The SMILES string of the molecule is COC(=O)C1CCCN(C(=O)c2cccc3c2ccn3C)C1. The number of methoxy groups -OCH3 is 1. The molecule has 0 aliphatic carbocycles. The van der Waals surface area contributed by atoms with E-state index in [1.807, 2.05) is 42.1 Å². The van der Waals surface area contributed by atoms with Crippen LogP contribution in [0.5, 0.6) is 0 Å². The third kappa shape index (κ3) is 2.47. The Morgan fingerprint density at radius 2 is 2.09 bits per heavy atom. The lowest BCUT2D eigenvalue weighted by molar-refractivity contribution is -0.146. The second-order valence-electron chi connectivity index (χ2n) is 5.78. The molecule has 0 spiro atoms. The van der Waals surface area contributed by atoms with Crippen molar-refractivity contribution in [2.24, 2.45) is 13.0 Å². The van der Waals surface area contributed by atoms with Crippen molar-refractivity contribution < 1.29 is 14.3 Å². The van der Waals surface area contributed by atoms with Gasteiger partial charge in [-0.05, 0) is 31.0 Å². The Balaban J connectivity index is 1.88. The number of benzene rings is 1. The molecule has 1 aromatic heterocycles. The molecule has 5 heteroatoms. The molecule has 1 aromatic carbocycles. The van der Waals surface area contributed by atoms with Crippen molar-refractivity contribution in [3.8, 4) is 0 Å². The summed E-state index contributed by atoms with van der Waals surface area (Å²) in [5, 5.41) is 0.954. The van der Waals surface area contributed by atoms with Crippen molar-refractivity contribution in [3.05, 3.63) is 36.0 Å². The van der Waals surface area contributed by atoms with E-state index in [2.05, 4.69) is 0 Å². The normalized spacial score (nSPS) is 18.5. The molecule has 5 nitrogen and oxygen atoms in total. The molecule has 3 rings (SSSR count). The molecule has 0 N–H and O–H groups in total. The highest BCUT2D eigenvalue weighted by molar-refractivity contribution is 6.06. The fraction of sp³-hybridized carbons (Fsp3) is 0.412. The summed E-state index contributed by atoms with van der Waals surface area (Å²) >= 11 is 0. The van der Waals surface area contributed by atoms with E-state index in [0.29, 0.717) is 18.7 Å². The number of amides is 1. The van der Waals surface area contributed by atoms with Crippen LogP contribution in [0.2, 0.25) is 0 Å². The molecule has 1 saturated heterocycles. The number of ether oxygens (including phenoxy) is 1. The van der Waals surface area contributed by atoms with Crippen LogP contribution in [0.4, 0.5) is 0 Å². The topological polar surface area (TPSA) is 51.5 Å². The first-order valence-corrected chi connectivity index (χ1v) is 7.53. The van der Waals surface area contributed by atoms with Crippen molar-refractivity contribution in [1.82, 2.24) is 9.47 Å². The zero-order chi connectivity index (χ0) is 15.7. The van der Waals surface area contributed by atoms with E-state index in [4.69, 9.17) is 4.74 Å². The van der Waals surface area contributed by atoms with Gasteiger partial charge in [0.1, 0.15) is 0 Å². The van der Waals surface area contributed by atoms with Gasteiger partial charge in [-0.25, -0.2) is 0 Å². The fourth-order valence-electron chi connectivity index (χ4n) is 3.18. The maximum absolute atomic E-state index is 12.8. The smallest absolute Gasteiger partial charge is 0.310 e. The molecule has 1 aliphatic heterocycles. The van der Waals surface area contributed by atoms with Crippen molar-refractivity contribution in [2.45, 2.75) is 12.8 Å². The lowest BCUT2D eigenvalue weighted by Crippen LogP contribution is -2.42. The Hall–Kier alpha value is -2.30. The van der Waals surface area contributed by atoms with E-state index >= 15 is 0 Å². The zero-order valence-electron chi connectivity index (χ0n) is 12.9. The summed E-state index contributed by atoms with van der Waals surface area (Å²) in [6.07, 6.45) is 3.57. The Labute approximate surface area is 129 Å². The largest absolute Gasteiger partial charge is 0.469 e. The molecule has 1 fully saturated rings. The second kappa shape index (κ2) is 5.83. The monoisotopic (exact) mass is 300 g/mol. The highest BCUT2D eigenvalue weighted by Gasteiger charge is 2.30. The van der Waals surface area contributed by atoms with E-state index in [-0.39, 0.29) is 17.8 Å². The molecule has 22 heavy (non-hydrogen) atoms. The first-order valence-electron chi connectivity index (χ1n) is 7.53. The van der Waals surface area contributed by atoms with Crippen molar-refractivity contribution in [1.29, 1.82) is 0 Å². The molecule has 1 atom stereocenters. The van der Waals surface area contributed by atoms with Gasteiger partial charge < -0.3 is 14.2 Å². The quantitative estimate of drug-likeness (QED) is 0.799. The number of likely N-dealkylation sites (tertiary alicyclic amines) is 1. The van der Waals surface area contributed by atoms with Crippen molar-refractivity contribution in [3.63, 3.8) is 0 Å². The minimum absolute atomic E-state index is 0.00889. The number of fused-ring (bicyclic) bond motifs is 1. The number of rotatable bonds is 2. The zero-order valence-corrected chi connectivity index (χ0v) is 12.9. The molecule has 116 valence electrons. The van der Waals surface area contributed by atoms with Crippen LogP contribution in [-0.4, -0.2) is 41.5 Å². The minimum Gasteiger partial charge on any atom is -0.469 e. The summed E-state index contributed by atoms with van der Waals surface area (Å²) in [4.78, 5) is 26.3. The molecule has 0 radical (unpaired) electrons. The maximum Gasteiger partial charge on any atom is 0.310 e. The molecular weight excluding hydrogens is 280 g/mol. The van der Waals surface area contributed by atoms with Gasteiger partial charge in [-0.15, -0.1) is 0 Å². The van der Waals surface area contributed by atoms with E-state index in [1.54, 1.807) is 4.90 Å². The van der Waals surface area contributed by atoms with Gasteiger partial charge in [0, 0.05) is 42.8 Å². The highest BCUT2D eigenvalue weighted by Crippen LogP contribution is 2.24. The first-order chi connectivity index (χ1) is 10.6. The van der Waals surface area contributed by atoms with Crippen LogP contribution >= 0.6 is 0 Å². The average molecular weight is 300 g/mol. The van der Waals surface area contributed by atoms with Gasteiger partial charge in [0.15, 0.2) is 0 Å². The van der Waals surface area contributed by atoms with Gasteiger partial charge in [-0.3, -0.25) is 9.59 Å². The summed E-state index contributed by atoms with van der Waals surface area (Å²) in [5.41, 5.74) is 1.73. The van der Waals surface area contributed by atoms with Crippen LogP contribution in [0.3, 0.4) is 0 Å². The second-order valence-corrected chi connectivity index (χ2v) is 5.78. The van der Waals surface area contributed by atoms with E-state index in [9.17, 15) is 9.59 Å². The average Bonchev–Trinajstić information content (AvgIpc) is 2.95. The van der Waals surface area contributed by atoms with Crippen molar-refractivity contribution >= 4 is 22.8 Å². The van der Waals surface area contributed by atoms with Crippen LogP contribution < -0.4 is 0 Å². The summed E-state index contributed by atoms with van der Waals surface area (Å²) < 4.78 is 6.82. The molecule has 1 amide bonds. The van der Waals surface area contributed by atoms with Crippen LogP contribution in [0, 0.1) is 5.92 Å². The standard InChI is InChI=1S/C17H20N2O3/c1-18-10-8-13-14(6-3-7-15(13)18)16(20)19-9-4-5-12(11-19)17(21)22-2/h3,6-8,10,12H,4-5,9,11H2,1-2H3. The predicted molar refractivity (Wildman–Crippen MR) is 83.6 cm³/mol. The number of aryl methyl sites for hydroxylation is 1. The maximum atomic E-state index is 12.8. The number of nitrogens with zero attached hydrogens (tertiary/aromatic N) is 2. The minimum atomic E-state index is -0.226. The number of hydrogen-bond donors (Lipinski definition) is 0. The van der Waals surface area contributed by atoms with Crippen LogP contribution in [-0.2, 0) is 16.6 Å². The Bertz CT molecular complexity index is 720. The first kappa shape index (κ1) is 14.6. The van der Waals surface area contributed by atoms with E-state index in [0.717, 1.165) is 23.7 Å². The van der Waals surface area contributed by atoms with Crippen LogP contribution in [0.15, 0.2) is 30.5 Å². The molecule has 1 aliphatic rings. The number of esters is 1. The predicted octanol–water partition coefficient (Wildman–Crippen LogP) is 2.20. The number of hydrogen-bond acceptors (Lipinski definition) is 3. The van der Waals surface area contributed by atoms with Gasteiger partial charge in [-0.1, -0.05) is 6.07 Å². The number of carbonyl (C=O) groups is 2. The van der Waals surface area contributed by atoms with Crippen molar-refractivity contribution in [2.75, 3.05) is 20.2 Å². The van der Waals surface area contributed by atoms with Crippen LogP contribution in [0.25, 0.3) is 10.9 Å². The number of aromatic nitrogens is 1. The molecule has 1 unspecified atom stereocenters. The van der Waals surface area contributed by atoms with Gasteiger partial charge >= 0.3 is 5.97 Å². The molecule has 0 bridgehead atoms. The third-order valence-electron chi connectivity index (χ3n) is 4.40.